The number of halogens is 1. The molecule has 0 fully saturated rings. The lowest BCUT2D eigenvalue weighted by Crippen LogP contribution is -2.16. The fourth-order valence-electron chi connectivity index (χ4n) is 1.25. The van der Waals surface area contributed by atoms with Gasteiger partial charge >= 0.3 is 0 Å². The predicted molar refractivity (Wildman–Crippen MR) is 73.6 cm³/mol. The van der Waals surface area contributed by atoms with Gasteiger partial charge in [-0.2, -0.15) is 0 Å². The minimum atomic E-state index is -0.364. The maximum Gasteiger partial charge on any atom is 0.278 e. The van der Waals surface area contributed by atoms with E-state index in [1.165, 1.54) is 12.4 Å². The first-order valence-corrected chi connectivity index (χ1v) is 5.88. The topological polar surface area (TPSA) is 80.9 Å². The summed E-state index contributed by atoms with van der Waals surface area (Å²) in [5.41, 5.74) is 6.39. The summed E-state index contributed by atoms with van der Waals surface area (Å²) in [6.45, 7) is 0. The highest BCUT2D eigenvalue weighted by molar-refractivity contribution is 14.1. The summed E-state index contributed by atoms with van der Waals surface area (Å²) in [6.07, 6.45) is 2.87. The van der Waals surface area contributed by atoms with Crippen LogP contribution in [0.5, 0.6) is 0 Å². The Labute approximate surface area is 112 Å². The number of carbonyl (C=O) groups is 1. The van der Waals surface area contributed by atoms with E-state index in [-0.39, 0.29) is 17.4 Å². The average Bonchev–Trinajstić information content (AvgIpc) is 2.32. The van der Waals surface area contributed by atoms with Crippen LogP contribution < -0.4 is 11.1 Å². The standard InChI is InChI=1S/C11H9IN4O/c12-7-1-3-8(4-2-7)16-11(17)9-10(13)15-6-5-14-9/h1-6H,(H2,13,15)(H,16,17). The van der Waals surface area contributed by atoms with Crippen LogP contribution in [-0.2, 0) is 0 Å². The number of aromatic nitrogens is 2. The second-order valence-electron chi connectivity index (χ2n) is 3.25. The van der Waals surface area contributed by atoms with Crippen LogP contribution in [0.2, 0.25) is 0 Å². The number of nitrogens with one attached hydrogen (secondary N) is 1. The van der Waals surface area contributed by atoms with Crippen molar-refractivity contribution in [2.45, 2.75) is 0 Å². The van der Waals surface area contributed by atoms with Crippen LogP contribution in [0, 0.1) is 3.57 Å². The van der Waals surface area contributed by atoms with Crippen molar-refractivity contribution in [2.75, 3.05) is 11.1 Å². The molecular formula is C11H9IN4O. The van der Waals surface area contributed by atoms with E-state index >= 15 is 0 Å². The van der Waals surface area contributed by atoms with E-state index in [2.05, 4.69) is 37.9 Å². The summed E-state index contributed by atoms with van der Waals surface area (Å²) in [7, 11) is 0. The molecule has 0 radical (unpaired) electrons. The van der Waals surface area contributed by atoms with Crippen LogP contribution in [-0.4, -0.2) is 15.9 Å². The second-order valence-corrected chi connectivity index (χ2v) is 4.50. The molecule has 1 heterocycles. The molecule has 2 rings (SSSR count). The zero-order valence-electron chi connectivity index (χ0n) is 8.72. The largest absolute Gasteiger partial charge is 0.382 e. The molecule has 0 spiro atoms. The molecule has 1 amide bonds. The highest BCUT2D eigenvalue weighted by atomic mass is 127. The van der Waals surface area contributed by atoms with Gasteiger partial charge in [0.2, 0.25) is 0 Å². The number of benzene rings is 1. The van der Waals surface area contributed by atoms with Crippen LogP contribution >= 0.6 is 22.6 Å². The van der Waals surface area contributed by atoms with Crippen molar-refractivity contribution in [3.05, 3.63) is 45.9 Å². The first-order valence-electron chi connectivity index (χ1n) is 4.80. The summed E-state index contributed by atoms with van der Waals surface area (Å²) in [5.74, 6) is -0.243. The minimum Gasteiger partial charge on any atom is -0.382 e. The van der Waals surface area contributed by atoms with Gasteiger partial charge in [0.1, 0.15) is 0 Å². The third-order valence-electron chi connectivity index (χ3n) is 2.04. The van der Waals surface area contributed by atoms with Crippen LogP contribution in [0.1, 0.15) is 10.5 Å². The van der Waals surface area contributed by atoms with Gasteiger partial charge < -0.3 is 11.1 Å². The van der Waals surface area contributed by atoms with Crippen molar-refractivity contribution in [1.82, 2.24) is 9.97 Å². The fourth-order valence-corrected chi connectivity index (χ4v) is 1.61. The Bertz CT molecular complexity index is 541. The predicted octanol–water partition coefficient (Wildman–Crippen LogP) is 1.92. The minimum absolute atomic E-state index is 0.121. The molecule has 1 aromatic carbocycles. The zero-order valence-corrected chi connectivity index (χ0v) is 10.9. The Hall–Kier alpha value is -1.70. The Morgan fingerprint density at radius 3 is 2.47 bits per heavy atom. The summed E-state index contributed by atoms with van der Waals surface area (Å²) in [4.78, 5) is 19.5. The molecule has 0 aliphatic rings. The monoisotopic (exact) mass is 340 g/mol. The third kappa shape index (κ3) is 2.90. The first-order chi connectivity index (χ1) is 8.16. The van der Waals surface area contributed by atoms with Gasteiger partial charge in [-0.05, 0) is 46.9 Å². The molecular weight excluding hydrogens is 331 g/mol. The molecule has 3 N–H and O–H groups in total. The number of amides is 1. The Balaban J connectivity index is 2.17. The lowest BCUT2D eigenvalue weighted by Gasteiger charge is -2.05. The molecule has 0 saturated heterocycles. The summed E-state index contributed by atoms with van der Waals surface area (Å²) < 4.78 is 1.10. The number of hydrogen-bond donors (Lipinski definition) is 2. The number of nitrogens with zero attached hydrogens (tertiary/aromatic N) is 2. The van der Waals surface area contributed by atoms with Crippen LogP contribution in [0.15, 0.2) is 36.7 Å². The Morgan fingerprint density at radius 1 is 1.18 bits per heavy atom. The van der Waals surface area contributed by atoms with Crippen LogP contribution in [0.4, 0.5) is 11.5 Å². The number of rotatable bonds is 2. The van der Waals surface area contributed by atoms with E-state index in [9.17, 15) is 4.79 Å². The van der Waals surface area contributed by atoms with Crippen molar-refractivity contribution in [3.8, 4) is 0 Å². The van der Waals surface area contributed by atoms with Gasteiger partial charge in [0.15, 0.2) is 11.5 Å². The van der Waals surface area contributed by atoms with E-state index in [1.54, 1.807) is 0 Å². The van der Waals surface area contributed by atoms with Gasteiger partial charge in [0.25, 0.3) is 5.91 Å². The Kier molecular flexibility index (Phi) is 3.52. The zero-order chi connectivity index (χ0) is 12.3. The number of hydrogen-bond acceptors (Lipinski definition) is 4. The third-order valence-corrected chi connectivity index (χ3v) is 2.76. The van der Waals surface area contributed by atoms with E-state index in [1.807, 2.05) is 24.3 Å². The van der Waals surface area contributed by atoms with Gasteiger partial charge in [-0.3, -0.25) is 4.79 Å². The van der Waals surface area contributed by atoms with Gasteiger partial charge in [-0.1, -0.05) is 0 Å². The van der Waals surface area contributed by atoms with Crippen molar-refractivity contribution in [3.63, 3.8) is 0 Å². The second kappa shape index (κ2) is 5.09. The van der Waals surface area contributed by atoms with E-state index < -0.39 is 0 Å². The maximum atomic E-state index is 11.8. The number of nitrogen functional groups attached to an aromatic ring is 1. The van der Waals surface area contributed by atoms with Gasteiger partial charge in [-0.25, -0.2) is 9.97 Å². The van der Waals surface area contributed by atoms with Crippen molar-refractivity contribution >= 4 is 40.0 Å². The summed E-state index contributed by atoms with van der Waals surface area (Å²) >= 11 is 2.19. The molecule has 6 heteroatoms. The van der Waals surface area contributed by atoms with Crippen molar-refractivity contribution in [1.29, 1.82) is 0 Å². The lowest BCUT2D eigenvalue weighted by atomic mass is 10.3. The molecule has 2 aromatic rings. The smallest absolute Gasteiger partial charge is 0.278 e. The van der Waals surface area contributed by atoms with Crippen molar-refractivity contribution in [2.24, 2.45) is 0 Å². The Morgan fingerprint density at radius 2 is 1.82 bits per heavy atom. The molecule has 0 aliphatic carbocycles. The molecule has 0 atom stereocenters. The molecule has 1 aromatic heterocycles. The van der Waals surface area contributed by atoms with Gasteiger partial charge in [0, 0.05) is 21.7 Å². The number of nitrogens with two attached hydrogens (primary N) is 1. The van der Waals surface area contributed by atoms with Gasteiger partial charge in [0.05, 0.1) is 0 Å². The normalized spacial score (nSPS) is 9.94. The maximum absolute atomic E-state index is 11.8. The summed E-state index contributed by atoms with van der Waals surface area (Å²) in [5, 5.41) is 2.70. The molecule has 0 bridgehead atoms. The molecule has 5 nitrogen and oxygen atoms in total. The average molecular weight is 340 g/mol. The SMILES string of the molecule is Nc1nccnc1C(=O)Nc1ccc(I)cc1. The first kappa shape index (κ1) is 11.8. The van der Waals surface area contributed by atoms with Gasteiger partial charge in [-0.15, -0.1) is 0 Å². The number of carbonyl (C=O) groups excluding carboxylic acids is 1. The molecule has 0 unspecified atom stereocenters. The highest BCUT2D eigenvalue weighted by Gasteiger charge is 2.11. The fraction of sp³-hybridized carbons (Fsp3) is 0. The molecule has 17 heavy (non-hydrogen) atoms. The highest BCUT2D eigenvalue weighted by Crippen LogP contribution is 2.13. The quantitative estimate of drug-likeness (QED) is 0.819. The van der Waals surface area contributed by atoms with Crippen LogP contribution in [0.3, 0.4) is 0 Å². The summed E-state index contributed by atoms with van der Waals surface area (Å²) in [6, 6.07) is 7.42. The van der Waals surface area contributed by atoms with E-state index in [4.69, 9.17) is 5.73 Å². The molecule has 0 aliphatic heterocycles. The molecule has 0 saturated carbocycles. The molecule has 86 valence electrons. The van der Waals surface area contributed by atoms with E-state index in [0.29, 0.717) is 5.69 Å². The lowest BCUT2D eigenvalue weighted by molar-refractivity contribution is 0.102. The van der Waals surface area contributed by atoms with E-state index in [0.717, 1.165) is 3.57 Å². The van der Waals surface area contributed by atoms with Crippen LogP contribution in [0.25, 0.3) is 0 Å². The number of anilines is 2. The van der Waals surface area contributed by atoms with Crippen molar-refractivity contribution < 1.29 is 4.79 Å².